The number of para-hydroxylation sites is 1. The van der Waals surface area contributed by atoms with E-state index in [1.165, 1.54) is 18.0 Å². The fraction of sp³-hybridized carbons (Fsp3) is 0.154. The van der Waals surface area contributed by atoms with E-state index in [1.807, 2.05) is 0 Å². The summed E-state index contributed by atoms with van der Waals surface area (Å²) in [6.07, 6.45) is 3.03. The maximum absolute atomic E-state index is 14.8. The summed E-state index contributed by atoms with van der Waals surface area (Å²) in [6.45, 7) is 1.76. The summed E-state index contributed by atoms with van der Waals surface area (Å²) in [5.74, 6) is -3.14. The molecule has 5 rings (SSSR count). The fourth-order valence-electron chi connectivity index (χ4n) is 3.92. The van der Waals surface area contributed by atoms with Crippen molar-refractivity contribution in [2.24, 2.45) is 0 Å². The largest absolute Gasteiger partial charge is 0.494 e. The van der Waals surface area contributed by atoms with Gasteiger partial charge < -0.3 is 14.8 Å². The molecule has 12 heteroatoms. The molecule has 2 aromatic carbocycles. The van der Waals surface area contributed by atoms with Crippen LogP contribution in [0.15, 0.2) is 55.0 Å². The van der Waals surface area contributed by atoms with Crippen LogP contribution in [0.1, 0.15) is 12.5 Å². The molecule has 1 N–H and O–H groups in total. The molecule has 0 bridgehead atoms. The zero-order valence-electron chi connectivity index (χ0n) is 20.2. The van der Waals surface area contributed by atoms with Crippen LogP contribution in [-0.4, -0.2) is 38.4 Å². The van der Waals surface area contributed by atoms with Crippen LogP contribution in [0.25, 0.3) is 22.4 Å². The first kappa shape index (κ1) is 24.9. The van der Waals surface area contributed by atoms with Crippen LogP contribution in [0.3, 0.4) is 0 Å². The Kier molecular flexibility index (Phi) is 6.77. The Hall–Kier alpha value is -4.74. The average Bonchev–Trinajstić information content (AvgIpc) is 3.27. The Morgan fingerprint density at radius 2 is 1.66 bits per heavy atom. The number of rotatable bonds is 8. The van der Waals surface area contributed by atoms with E-state index in [0.717, 1.165) is 24.5 Å². The van der Waals surface area contributed by atoms with Crippen LogP contribution in [0.5, 0.6) is 11.5 Å². The van der Waals surface area contributed by atoms with Gasteiger partial charge in [-0.1, -0.05) is 18.2 Å². The molecule has 194 valence electrons. The number of fused-ring (bicyclic) bond motifs is 1. The van der Waals surface area contributed by atoms with Crippen molar-refractivity contribution < 1.29 is 27.0 Å². The SMILES string of the molecule is CCOc1cc(F)c(Cn2nc(-c3ncc(OC)c(Nc4c(F)cncc4F)n3)c3ccccc32)c(F)c1. The highest BCUT2D eigenvalue weighted by Crippen LogP contribution is 2.32. The third-order valence-electron chi connectivity index (χ3n) is 5.68. The number of methoxy groups -OCH3 is 1. The van der Waals surface area contributed by atoms with Crippen molar-refractivity contribution in [3.63, 3.8) is 0 Å². The number of nitrogens with one attached hydrogen (secondary N) is 1. The first-order valence-corrected chi connectivity index (χ1v) is 11.4. The van der Waals surface area contributed by atoms with Gasteiger partial charge in [0.2, 0.25) is 0 Å². The predicted octanol–water partition coefficient (Wildman–Crippen LogP) is 5.64. The Morgan fingerprint density at radius 3 is 2.34 bits per heavy atom. The second kappa shape index (κ2) is 10.3. The van der Waals surface area contributed by atoms with Gasteiger partial charge in [-0.05, 0) is 13.0 Å². The third kappa shape index (κ3) is 4.67. The lowest BCUT2D eigenvalue weighted by Crippen LogP contribution is -2.08. The molecule has 3 aromatic heterocycles. The van der Waals surface area contributed by atoms with E-state index in [-0.39, 0.29) is 47.6 Å². The number of benzene rings is 2. The van der Waals surface area contributed by atoms with E-state index in [1.54, 1.807) is 31.2 Å². The van der Waals surface area contributed by atoms with Gasteiger partial charge in [-0.15, -0.1) is 0 Å². The Balaban J connectivity index is 1.58. The number of hydrogen-bond donors (Lipinski definition) is 1. The van der Waals surface area contributed by atoms with E-state index >= 15 is 0 Å². The second-order valence-electron chi connectivity index (χ2n) is 8.04. The number of hydrogen-bond acceptors (Lipinski definition) is 7. The molecule has 0 atom stereocenters. The molecule has 0 aliphatic carbocycles. The van der Waals surface area contributed by atoms with Crippen molar-refractivity contribution in [2.75, 3.05) is 19.0 Å². The smallest absolute Gasteiger partial charge is 0.183 e. The van der Waals surface area contributed by atoms with Crippen molar-refractivity contribution in [2.45, 2.75) is 13.5 Å². The summed E-state index contributed by atoms with van der Waals surface area (Å²) in [7, 11) is 1.35. The van der Waals surface area contributed by atoms with Crippen molar-refractivity contribution in [1.82, 2.24) is 24.7 Å². The molecular formula is C26H20F4N6O2. The highest BCUT2D eigenvalue weighted by molar-refractivity contribution is 5.92. The lowest BCUT2D eigenvalue weighted by atomic mass is 10.1. The highest BCUT2D eigenvalue weighted by atomic mass is 19.1. The molecule has 38 heavy (non-hydrogen) atoms. The van der Waals surface area contributed by atoms with Gasteiger partial charge in [0.1, 0.15) is 28.8 Å². The van der Waals surface area contributed by atoms with E-state index < -0.39 is 29.0 Å². The standard InChI is InChI=1S/C26H20F4N6O2/c1-3-38-14-8-17(27)16(18(28)9-14)13-36-21-7-5-4-6-15(21)23(35-36)26-32-12-22(37-2)25(34-26)33-24-19(29)10-31-11-20(24)30/h4-12H,3,13H2,1-2H3,(H,31,32,33,34). The quantitative estimate of drug-likeness (QED) is 0.263. The molecule has 0 fully saturated rings. The molecule has 0 amide bonds. The molecule has 0 saturated carbocycles. The fourth-order valence-corrected chi connectivity index (χ4v) is 3.92. The summed E-state index contributed by atoms with van der Waals surface area (Å²) in [5.41, 5.74) is 0.179. The van der Waals surface area contributed by atoms with E-state index in [9.17, 15) is 17.6 Å². The van der Waals surface area contributed by atoms with E-state index in [4.69, 9.17) is 9.47 Å². The molecule has 5 aromatic rings. The lowest BCUT2D eigenvalue weighted by molar-refractivity contribution is 0.335. The molecule has 0 spiro atoms. The average molecular weight is 524 g/mol. The summed E-state index contributed by atoms with van der Waals surface area (Å²) in [5, 5.41) is 7.71. The molecule has 0 aliphatic heterocycles. The Bertz CT molecular complexity index is 1600. The molecule has 3 heterocycles. The topological polar surface area (TPSA) is 87.0 Å². The van der Waals surface area contributed by atoms with Crippen LogP contribution in [0, 0.1) is 23.3 Å². The monoisotopic (exact) mass is 524 g/mol. The van der Waals surface area contributed by atoms with Gasteiger partial charge in [-0.3, -0.25) is 9.67 Å². The summed E-state index contributed by atoms with van der Waals surface area (Å²) in [4.78, 5) is 12.1. The minimum Gasteiger partial charge on any atom is -0.494 e. The summed E-state index contributed by atoms with van der Waals surface area (Å²) < 4.78 is 69.9. The van der Waals surface area contributed by atoms with Crippen molar-refractivity contribution >= 4 is 22.4 Å². The number of pyridine rings is 1. The van der Waals surface area contributed by atoms with Crippen LogP contribution in [-0.2, 0) is 6.54 Å². The van der Waals surface area contributed by atoms with Gasteiger partial charge in [0.15, 0.2) is 29.0 Å². The van der Waals surface area contributed by atoms with Gasteiger partial charge >= 0.3 is 0 Å². The molecule has 0 radical (unpaired) electrons. The minimum absolute atomic E-state index is 0.0243. The zero-order chi connectivity index (χ0) is 26.8. The van der Waals surface area contributed by atoms with Crippen molar-refractivity contribution in [1.29, 1.82) is 0 Å². The molecule has 0 aliphatic rings. The van der Waals surface area contributed by atoms with E-state index in [2.05, 4.69) is 25.4 Å². The lowest BCUT2D eigenvalue weighted by Gasteiger charge is -2.12. The number of aromatic nitrogens is 5. The summed E-state index contributed by atoms with van der Waals surface area (Å²) >= 11 is 0. The molecule has 0 saturated heterocycles. The maximum atomic E-state index is 14.8. The van der Waals surface area contributed by atoms with Gasteiger partial charge in [0, 0.05) is 23.1 Å². The van der Waals surface area contributed by atoms with Crippen molar-refractivity contribution in [3.05, 3.63) is 83.8 Å². The Morgan fingerprint density at radius 1 is 0.947 bits per heavy atom. The second-order valence-corrected chi connectivity index (χ2v) is 8.04. The van der Waals surface area contributed by atoms with E-state index in [0.29, 0.717) is 10.9 Å². The van der Waals surface area contributed by atoms with Gasteiger partial charge in [-0.2, -0.15) is 5.10 Å². The number of nitrogens with zero attached hydrogens (tertiary/aromatic N) is 5. The Labute approximate surface area is 213 Å². The zero-order valence-corrected chi connectivity index (χ0v) is 20.2. The maximum Gasteiger partial charge on any atom is 0.183 e. The van der Waals surface area contributed by atoms with Crippen LogP contribution >= 0.6 is 0 Å². The van der Waals surface area contributed by atoms with Crippen LogP contribution in [0.2, 0.25) is 0 Å². The highest BCUT2D eigenvalue weighted by Gasteiger charge is 2.21. The predicted molar refractivity (Wildman–Crippen MR) is 131 cm³/mol. The number of ether oxygens (including phenoxy) is 2. The van der Waals surface area contributed by atoms with Gasteiger partial charge in [0.25, 0.3) is 0 Å². The first-order chi connectivity index (χ1) is 18.4. The number of halogens is 4. The molecule has 8 nitrogen and oxygen atoms in total. The third-order valence-corrected chi connectivity index (χ3v) is 5.68. The minimum atomic E-state index is -0.929. The van der Waals surface area contributed by atoms with Crippen molar-refractivity contribution in [3.8, 4) is 23.0 Å². The molecule has 0 unspecified atom stereocenters. The van der Waals surface area contributed by atoms with Gasteiger partial charge in [0.05, 0.1) is 44.4 Å². The first-order valence-electron chi connectivity index (χ1n) is 11.4. The van der Waals surface area contributed by atoms with Crippen LogP contribution in [0.4, 0.5) is 29.1 Å². The normalized spacial score (nSPS) is 11.1. The number of anilines is 2. The molecular weight excluding hydrogens is 504 g/mol. The van der Waals surface area contributed by atoms with Crippen LogP contribution < -0.4 is 14.8 Å². The summed E-state index contributed by atoms with van der Waals surface area (Å²) in [6, 6.07) is 9.25. The van der Waals surface area contributed by atoms with Gasteiger partial charge in [-0.25, -0.2) is 27.5 Å².